The second-order valence-electron chi connectivity index (χ2n) is 6.14. The molecule has 0 saturated carbocycles. The summed E-state index contributed by atoms with van der Waals surface area (Å²) in [6.07, 6.45) is 0. The minimum Gasteiger partial charge on any atom is -0.486 e. The molecule has 0 bridgehead atoms. The van der Waals surface area contributed by atoms with Crippen molar-refractivity contribution in [3.05, 3.63) is 52.6 Å². The van der Waals surface area contributed by atoms with Crippen LogP contribution >= 0.6 is 11.3 Å². The van der Waals surface area contributed by atoms with Crippen molar-refractivity contribution >= 4 is 33.4 Å². The first kappa shape index (κ1) is 19.1. The molecule has 2 aromatic carbocycles. The highest BCUT2D eigenvalue weighted by atomic mass is 32.1. The Kier molecular flexibility index (Phi) is 5.30. The van der Waals surface area contributed by atoms with Crippen LogP contribution in [0.25, 0.3) is 10.2 Å². The number of carbonyl (C=O) groups is 2. The molecule has 0 spiro atoms. The molecule has 150 valence electrons. The van der Waals surface area contributed by atoms with Crippen LogP contribution in [-0.4, -0.2) is 36.3 Å². The van der Waals surface area contributed by atoms with Crippen molar-refractivity contribution < 1.29 is 28.2 Å². The Morgan fingerprint density at radius 2 is 1.93 bits per heavy atom. The molecule has 2 heterocycles. The number of ether oxygens (including phenoxy) is 3. The van der Waals surface area contributed by atoms with Gasteiger partial charge in [0.15, 0.2) is 16.3 Å². The molecule has 0 fully saturated rings. The fraction of sp³-hybridized carbons (Fsp3) is 0.250. The van der Waals surface area contributed by atoms with E-state index in [4.69, 9.17) is 14.2 Å². The highest BCUT2D eigenvalue weighted by Crippen LogP contribution is 2.35. The van der Waals surface area contributed by atoms with Gasteiger partial charge in [-0.25, -0.2) is 4.39 Å². The van der Waals surface area contributed by atoms with E-state index in [-0.39, 0.29) is 23.5 Å². The highest BCUT2D eigenvalue weighted by molar-refractivity contribution is 7.16. The Morgan fingerprint density at radius 3 is 2.66 bits per heavy atom. The average molecular weight is 416 g/mol. The molecule has 1 amide bonds. The molecule has 1 aromatic heterocycles. The Labute approximate surface area is 169 Å². The molecule has 0 saturated heterocycles. The summed E-state index contributed by atoms with van der Waals surface area (Å²) in [5, 5.41) is 0. The summed E-state index contributed by atoms with van der Waals surface area (Å²) >= 11 is 1.20. The quantitative estimate of drug-likeness (QED) is 0.611. The van der Waals surface area contributed by atoms with Crippen molar-refractivity contribution in [1.29, 1.82) is 0 Å². The van der Waals surface area contributed by atoms with Crippen LogP contribution in [0.2, 0.25) is 0 Å². The Balaban J connectivity index is 1.86. The topological polar surface area (TPSA) is 79.1 Å². The van der Waals surface area contributed by atoms with E-state index in [1.165, 1.54) is 29.5 Å². The van der Waals surface area contributed by atoms with Gasteiger partial charge in [0, 0.05) is 12.1 Å². The van der Waals surface area contributed by atoms with E-state index in [0.29, 0.717) is 30.2 Å². The van der Waals surface area contributed by atoms with Crippen LogP contribution in [-0.2, 0) is 16.1 Å². The minimum atomic E-state index is -0.732. The first-order valence-electron chi connectivity index (χ1n) is 8.99. The lowest BCUT2D eigenvalue weighted by Crippen LogP contribution is -2.23. The number of fused-ring (bicyclic) bond motifs is 2. The van der Waals surface area contributed by atoms with Crippen molar-refractivity contribution in [3.63, 3.8) is 0 Å². The van der Waals surface area contributed by atoms with Gasteiger partial charge in [-0.15, -0.1) is 0 Å². The molecule has 0 radical (unpaired) electrons. The Bertz CT molecular complexity index is 1170. The number of hydrogen-bond donors (Lipinski definition) is 0. The zero-order valence-electron chi connectivity index (χ0n) is 15.5. The average Bonchev–Trinajstić information content (AvgIpc) is 3.02. The number of hydrogen-bond acceptors (Lipinski definition) is 6. The van der Waals surface area contributed by atoms with Gasteiger partial charge in [0.1, 0.15) is 25.6 Å². The van der Waals surface area contributed by atoms with Gasteiger partial charge in [-0.2, -0.15) is 4.99 Å². The largest absolute Gasteiger partial charge is 0.486 e. The lowest BCUT2D eigenvalue weighted by Gasteiger charge is -2.18. The zero-order valence-corrected chi connectivity index (χ0v) is 16.3. The SMILES string of the molecule is CCOC(=O)Cn1c(=NC(=O)c2ccccc2F)sc2cc3c(cc21)OCCO3. The third-order valence-corrected chi connectivity index (χ3v) is 5.28. The maximum Gasteiger partial charge on any atom is 0.326 e. The number of halogens is 1. The van der Waals surface area contributed by atoms with Gasteiger partial charge in [-0.1, -0.05) is 23.5 Å². The molecule has 0 aliphatic carbocycles. The summed E-state index contributed by atoms with van der Waals surface area (Å²) in [5.74, 6) is -0.727. The molecule has 3 aromatic rings. The maximum absolute atomic E-state index is 14.0. The lowest BCUT2D eigenvalue weighted by molar-refractivity contribution is -0.143. The molecule has 1 aliphatic rings. The summed E-state index contributed by atoms with van der Waals surface area (Å²) < 4.78 is 32.5. The number of benzene rings is 2. The van der Waals surface area contributed by atoms with Crippen LogP contribution in [0.5, 0.6) is 11.5 Å². The molecule has 29 heavy (non-hydrogen) atoms. The maximum atomic E-state index is 14.0. The second kappa shape index (κ2) is 8.04. The van der Waals surface area contributed by atoms with Crippen molar-refractivity contribution in [2.24, 2.45) is 4.99 Å². The fourth-order valence-electron chi connectivity index (χ4n) is 2.96. The van der Waals surface area contributed by atoms with Crippen LogP contribution in [0.4, 0.5) is 4.39 Å². The molecule has 7 nitrogen and oxygen atoms in total. The predicted octanol–water partition coefficient (Wildman–Crippen LogP) is 2.92. The van der Waals surface area contributed by atoms with Crippen molar-refractivity contribution in [3.8, 4) is 11.5 Å². The van der Waals surface area contributed by atoms with Gasteiger partial charge in [0.25, 0.3) is 5.91 Å². The summed E-state index contributed by atoms with van der Waals surface area (Å²) in [7, 11) is 0. The number of aromatic nitrogens is 1. The van der Waals surface area contributed by atoms with Gasteiger partial charge in [0.05, 0.1) is 22.4 Å². The Hall–Kier alpha value is -3.20. The van der Waals surface area contributed by atoms with E-state index in [1.807, 2.05) is 0 Å². The standard InChI is InChI=1S/C20H17FN2O5S/c1-2-26-18(24)11-23-14-9-15-16(28-8-7-27-15)10-17(14)29-20(23)22-19(25)12-5-3-4-6-13(12)21/h3-6,9-10H,2,7-8,11H2,1H3. The molecule has 4 rings (SSSR count). The summed E-state index contributed by atoms with van der Waals surface area (Å²) in [5.41, 5.74) is 0.506. The normalized spacial score (nSPS) is 13.5. The number of thiazole rings is 1. The third kappa shape index (κ3) is 3.86. The molecule has 9 heteroatoms. The molecule has 1 aliphatic heterocycles. The van der Waals surface area contributed by atoms with E-state index in [1.54, 1.807) is 29.7 Å². The van der Waals surface area contributed by atoms with Crippen molar-refractivity contribution in [2.45, 2.75) is 13.5 Å². The van der Waals surface area contributed by atoms with Crippen molar-refractivity contribution in [1.82, 2.24) is 4.57 Å². The molecule has 0 atom stereocenters. The number of amides is 1. The van der Waals surface area contributed by atoms with Crippen LogP contribution in [0, 0.1) is 5.82 Å². The van der Waals surface area contributed by atoms with Gasteiger partial charge in [-0.05, 0) is 19.1 Å². The molecule has 0 unspecified atom stereocenters. The first-order chi connectivity index (χ1) is 14.1. The Morgan fingerprint density at radius 1 is 1.21 bits per heavy atom. The first-order valence-corrected chi connectivity index (χ1v) is 9.80. The van der Waals surface area contributed by atoms with Gasteiger partial charge in [-0.3, -0.25) is 9.59 Å². The van der Waals surface area contributed by atoms with Gasteiger partial charge in [0.2, 0.25) is 0 Å². The van der Waals surface area contributed by atoms with Crippen LogP contribution in [0.15, 0.2) is 41.4 Å². The highest BCUT2D eigenvalue weighted by Gasteiger charge is 2.19. The molecular formula is C20H17FN2O5S. The van der Waals surface area contributed by atoms with Crippen molar-refractivity contribution in [2.75, 3.05) is 19.8 Å². The van der Waals surface area contributed by atoms with E-state index in [9.17, 15) is 14.0 Å². The fourth-order valence-corrected chi connectivity index (χ4v) is 4.00. The smallest absolute Gasteiger partial charge is 0.326 e. The van der Waals surface area contributed by atoms with Gasteiger partial charge < -0.3 is 18.8 Å². The number of nitrogens with zero attached hydrogens (tertiary/aromatic N) is 2. The van der Waals surface area contributed by atoms with Crippen LogP contribution < -0.4 is 14.3 Å². The number of esters is 1. The molecule has 0 N–H and O–H groups in total. The number of carbonyl (C=O) groups excluding carboxylic acids is 2. The van der Waals surface area contributed by atoms with E-state index in [2.05, 4.69) is 4.99 Å². The van der Waals surface area contributed by atoms with E-state index in [0.717, 1.165) is 4.70 Å². The number of rotatable bonds is 4. The summed E-state index contributed by atoms with van der Waals surface area (Å²) in [4.78, 5) is 29.0. The van der Waals surface area contributed by atoms with Gasteiger partial charge >= 0.3 is 5.97 Å². The molecular weight excluding hydrogens is 399 g/mol. The van der Waals surface area contributed by atoms with E-state index < -0.39 is 17.7 Å². The zero-order chi connectivity index (χ0) is 20.4. The third-order valence-electron chi connectivity index (χ3n) is 4.24. The second-order valence-corrected chi connectivity index (χ2v) is 7.15. The predicted molar refractivity (Wildman–Crippen MR) is 104 cm³/mol. The van der Waals surface area contributed by atoms with Crippen LogP contribution in [0.3, 0.4) is 0 Å². The monoisotopic (exact) mass is 416 g/mol. The van der Waals surface area contributed by atoms with Crippen LogP contribution in [0.1, 0.15) is 17.3 Å². The lowest BCUT2D eigenvalue weighted by atomic mass is 10.2. The minimum absolute atomic E-state index is 0.140. The van der Waals surface area contributed by atoms with E-state index >= 15 is 0 Å². The summed E-state index contributed by atoms with van der Waals surface area (Å²) in [6.45, 7) is 2.66. The summed E-state index contributed by atoms with van der Waals surface area (Å²) in [6, 6.07) is 9.14.